The van der Waals surface area contributed by atoms with E-state index in [0.29, 0.717) is 11.0 Å². The highest BCUT2D eigenvalue weighted by molar-refractivity contribution is 8.14. The first kappa shape index (κ1) is 16.7. The van der Waals surface area contributed by atoms with Gasteiger partial charge in [-0.25, -0.2) is 10.0 Å². The van der Waals surface area contributed by atoms with Crippen LogP contribution in [-0.2, 0) is 9.59 Å². The number of carbonyl (C=O) groups excluding carboxylic acids is 2. The first-order valence-electron chi connectivity index (χ1n) is 6.93. The smallest absolute Gasteiger partial charge is 0.264 e. The molecule has 0 radical (unpaired) electrons. The summed E-state index contributed by atoms with van der Waals surface area (Å²) in [7, 11) is 0. The highest BCUT2D eigenvalue weighted by atomic mass is 32.2. The molecular formula is C12H13N7O3S2. The second kappa shape index (κ2) is 7.15. The summed E-state index contributed by atoms with van der Waals surface area (Å²) in [5.41, 5.74) is 0. The number of thioether (sulfide) groups is 1. The Morgan fingerprint density at radius 1 is 1.46 bits per heavy atom. The summed E-state index contributed by atoms with van der Waals surface area (Å²) in [6, 6.07) is 0. The number of hydrazone groups is 1. The van der Waals surface area contributed by atoms with E-state index < -0.39 is 5.92 Å². The maximum absolute atomic E-state index is 12.0. The van der Waals surface area contributed by atoms with Crippen molar-refractivity contribution in [2.75, 3.05) is 24.2 Å². The Morgan fingerprint density at radius 2 is 2.29 bits per heavy atom. The van der Waals surface area contributed by atoms with E-state index in [9.17, 15) is 9.59 Å². The number of nitrogens with zero attached hydrogens (tertiary/aromatic N) is 6. The molecule has 24 heavy (non-hydrogen) atoms. The lowest BCUT2D eigenvalue weighted by Gasteiger charge is -2.19. The molecule has 10 nitrogen and oxygen atoms in total. The topological polar surface area (TPSA) is 132 Å². The lowest BCUT2D eigenvalue weighted by molar-refractivity contribution is -0.118. The number of aryl methyl sites for hydroxylation is 1. The number of nitrogens with one attached hydrogen (secondary N) is 1. The summed E-state index contributed by atoms with van der Waals surface area (Å²) in [5, 5.41) is 26.1. The van der Waals surface area contributed by atoms with Crippen molar-refractivity contribution in [3.63, 3.8) is 0 Å². The van der Waals surface area contributed by atoms with Crippen molar-refractivity contribution in [1.29, 1.82) is 0 Å². The number of β-amino-alcohol motifs (C(OH)–C–C–N with tert-alkyl or cyclic N) is 1. The second-order valence-electron chi connectivity index (χ2n) is 4.75. The third kappa shape index (κ3) is 3.66. The van der Waals surface area contributed by atoms with Crippen LogP contribution in [0.1, 0.15) is 5.01 Å². The standard InChI is InChI=1S/C12H13N7O3S2/c1-6-17-18-12(24-6)14-8(21)5-23-11-15-9-7(10(22)16-11)4-13-19(9)2-3-20/h4,7,20H,2-3,5H2,1H3,(H,14,18,21). The van der Waals surface area contributed by atoms with E-state index in [2.05, 4.69) is 30.6 Å². The quantitative estimate of drug-likeness (QED) is 0.731. The fourth-order valence-corrected chi connectivity index (χ4v) is 3.24. The van der Waals surface area contributed by atoms with Gasteiger partial charge in [-0.15, -0.1) is 10.2 Å². The molecule has 2 amide bonds. The molecule has 3 rings (SSSR count). The molecular weight excluding hydrogens is 354 g/mol. The SMILES string of the molecule is Cc1nnc(NC(=O)CSC2=NC(=O)C3C=NN(CCO)C3=N2)s1. The van der Waals surface area contributed by atoms with Gasteiger partial charge in [0.2, 0.25) is 11.0 Å². The minimum Gasteiger partial charge on any atom is -0.394 e. The minimum absolute atomic E-state index is 0.0348. The minimum atomic E-state index is -0.612. The van der Waals surface area contributed by atoms with Crippen molar-refractivity contribution >= 4 is 57.3 Å². The number of hydrogen-bond donors (Lipinski definition) is 2. The van der Waals surface area contributed by atoms with Crippen LogP contribution in [0.15, 0.2) is 15.1 Å². The number of hydrogen-bond acceptors (Lipinski definition) is 10. The predicted molar refractivity (Wildman–Crippen MR) is 91.4 cm³/mol. The Hall–Kier alpha value is -2.18. The third-order valence-corrected chi connectivity index (χ3v) is 4.60. The van der Waals surface area contributed by atoms with Crippen LogP contribution < -0.4 is 5.32 Å². The number of rotatable bonds is 5. The Bertz CT molecular complexity index is 758. The van der Waals surface area contributed by atoms with Crippen molar-refractivity contribution in [2.45, 2.75) is 6.92 Å². The number of amides is 2. The molecule has 0 fully saturated rings. The molecule has 12 heteroatoms. The van der Waals surface area contributed by atoms with E-state index in [1.807, 2.05) is 0 Å². The molecule has 1 aromatic heterocycles. The van der Waals surface area contributed by atoms with Gasteiger partial charge >= 0.3 is 0 Å². The van der Waals surface area contributed by atoms with E-state index in [1.165, 1.54) is 22.6 Å². The van der Waals surface area contributed by atoms with Crippen molar-refractivity contribution < 1.29 is 14.7 Å². The number of aliphatic hydroxyl groups is 1. The Morgan fingerprint density at radius 3 is 3.00 bits per heavy atom. The first-order chi connectivity index (χ1) is 11.6. The van der Waals surface area contributed by atoms with E-state index in [4.69, 9.17) is 5.11 Å². The molecule has 0 bridgehead atoms. The van der Waals surface area contributed by atoms with Crippen LogP contribution in [0.3, 0.4) is 0 Å². The van der Waals surface area contributed by atoms with Crippen molar-refractivity contribution in [1.82, 2.24) is 15.2 Å². The zero-order chi connectivity index (χ0) is 17.1. The lowest BCUT2D eigenvalue weighted by atomic mass is 10.1. The zero-order valence-electron chi connectivity index (χ0n) is 12.5. The van der Waals surface area contributed by atoms with Gasteiger partial charge in [0, 0.05) is 6.21 Å². The van der Waals surface area contributed by atoms with Crippen LogP contribution in [0.25, 0.3) is 0 Å². The van der Waals surface area contributed by atoms with Gasteiger partial charge in [0.05, 0.1) is 18.9 Å². The number of amidine groups is 2. The molecule has 1 unspecified atom stereocenters. The van der Waals surface area contributed by atoms with Gasteiger partial charge < -0.3 is 5.11 Å². The van der Waals surface area contributed by atoms with Gasteiger partial charge in [0.25, 0.3) is 5.91 Å². The van der Waals surface area contributed by atoms with Crippen LogP contribution in [0.2, 0.25) is 0 Å². The average Bonchev–Trinajstić information content (AvgIpc) is 3.13. The Labute approximate surface area is 144 Å². The summed E-state index contributed by atoms with van der Waals surface area (Å²) >= 11 is 2.32. The molecule has 3 heterocycles. The van der Waals surface area contributed by atoms with Gasteiger partial charge in [0.15, 0.2) is 5.17 Å². The van der Waals surface area contributed by atoms with Gasteiger partial charge in [-0.2, -0.15) is 10.1 Å². The number of aliphatic hydroxyl groups excluding tert-OH is 1. The number of aromatic nitrogens is 2. The number of carbonyl (C=O) groups is 2. The molecule has 2 aliphatic rings. The maximum Gasteiger partial charge on any atom is 0.264 e. The summed E-state index contributed by atoms with van der Waals surface area (Å²) in [6.07, 6.45) is 1.45. The number of anilines is 1. The summed E-state index contributed by atoms with van der Waals surface area (Å²) < 4.78 is 0. The number of aliphatic imine (C=N–C) groups is 2. The molecule has 0 saturated heterocycles. The molecule has 126 valence electrons. The van der Waals surface area contributed by atoms with Gasteiger partial charge in [-0.3, -0.25) is 14.9 Å². The molecule has 1 atom stereocenters. The van der Waals surface area contributed by atoms with E-state index in [1.54, 1.807) is 6.92 Å². The van der Waals surface area contributed by atoms with Gasteiger partial charge in [0.1, 0.15) is 16.8 Å². The van der Waals surface area contributed by atoms with E-state index >= 15 is 0 Å². The van der Waals surface area contributed by atoms with Crippen molar-refractivity contribution in [2.24, 2.45) is 21.0 Å². The average molecular weight is 367 g/mol. The molecule has 2 N–H and O–H groups in total. The summed E-state index contributed by atoms with van der Waals surface area (Å²) in [6.45, 7) is 1.92. The van der Waals surface area contributed by atoms with Crippen LogP contribution in [0.5, 0.6) is 0 Å². The third-order valence-electron chi connectivity index (χ3n) is 3.00. The first-order valence-corrected chi connectivity index (χ1v) is 8.73. The largest absolute Gasteiger partial charge is 0.394 e. The zero-order valence-corrected chi connectivity index (χ0v) is 14.2. The second-order valence-corrected chi connectivity index (χ2v) is 6.88. The van der Waals surface area contributed by atoms with Gasteiger partial charge in [-0.1, -0.05) is 23.1 Å². The fourth-order valence-electron chi connectivity index (χ4n) is 1.99. The maximum atomic E-state index is 12.0. The monoisotopic (exact) mass is 367 g/mol. The lowest BCUT2D eigenvalue weighted by Crippen LogP contribution is -2.35. The van der Waals surface area contributed by atoms with Crippen molar-refractivity contribution in [3.8, 4) is 0 Å². The van der Waals surface area contributed by atoms with Crippen LogP contribution in [0.4, 0.5) is 5.13 Å². The molecule has 0 saturated carbocycles. The molecule has 0 aliphatic carbocycles. The highest BCUT2D eigenvalue weighted by Gasteiger charge is 2.35. The summed E-state index contributed by atoms with van der Waals surface area (Å²) in [4.78, 5) is 32.0. The van der Waals surface area contributed by atoms with Gasteiger partial charge in [-0.05, 0) is 6.92 Å². The fraction of sp³-hybridized carbons (Fsp3) is 0.417. The molecule has 2 aliphatic heterocycles. The molecule has 1 aromatic rings. The predicted octanol–water partition coefficient (Wildman–Crippen LogP) is -0.277. The number of fused-ring (bicyclic) bond motifs is 1. The Kier molecular flexibility index (Phi) is 4.97. The van der Waals surface area contributed by atoms with Crippen LogP contribution in [0, 0.1) is 12.8 Å². The Balaban J connectivity index is 1.60. The normalized spacial score (nSPS) is 19.2. The molecule has 0 spiro atoms. The van der Waals surface area contributed by atoms with Crippen molar-refractivity contribution in [3.05, 3.63) is 5.01 Å². The molecule has 0 aromatic carbocycles. The highest BCUT2D eigenvalue weighted by Crippen LogP contribution is 2.21. The van der Waals surface area contributed by atoms with Crippen LogP contribution >= 0.6 is 23.1 Å². The summed E-state index contributed by atoms with van der Waals surface area (Å²) in [5.74, 6) is -0.825. The van der Waals surface area contributed by atoms with Crippen LogP contribution in [-0.4, -0.2) is 68.2 Å². The van der Waals surface area contributed by atoms with E-state index in [0.717, 1.165) is 16.8 Å². The van der Waals surface area contributed by atoms with E-state index in [-0.39, 0.29) is 35.9 Å².